The maximum absolute atomic E-state index is 12.6. The van der Waals surface area contributed by atoms with Crippen LogP contribution < -0.4 is 134 Å². The smallest absolute Gasteiger partial charge is 1.00 e. The molecule has 0 aliphatic rings. The second kappa shape index (κ2) is 32.7. The molecule has 0 radical (unpaired) electrons. The van der Waals surface area contributed by atoms with Crippen molar-refractivity contribution in [3.05, 3.63) is 89.2 Å². The molecular formula is C32H27ClI3N11Na3O13S4-. The molecular weight excluding hydrogens is 1360 g/mol. The van der Waals surface area contributed by atoms with E-state index in [0.717, 1.165) is 6.07 Å². The van der Waals surface area contributed by atoms with Gasteiger partial charge in [0.05, 0.1) is 51.3 Å². The van der Waals surface area contributed by atoms with E-state index in [2.05, 4.69) is 107 Å². The Balaban J connectivity index is 0.00000364. The molecule has 0 atom stereocenters. The standard InChI is InChI=1S/C32H30ClN11O13S4.I3.3Na/c1-17-14-25(43-44-27-16-21(58-56-54-46)6-10-28(27)61(50,51)52)18(2)13-24(17)42-41-23-9-5-20(15-26(23)37-30(34)45)36-32-39-29(33)38-31(40-32)35-19-3-7-22(8-4-19)60(48,49)12-11-53-59-57-55-47;1-3-2;;;/h3-10,13-16,46-47H,11-12H2,1-2H3,(H3,34,37,45)(H,50,51,52)(H2,35,36,38,39,40);;;;/q;-1;3*+1/p-3. The van der Waals surface area contributed by atoms with Crippen LogP contribution in [-0.4, -0.2) is 54.7 Å². The van der Waals surface area contributed by atoms with E-state index in [1.54, 1.807) is 32.0 Å². The van der Waals surface area contributed by atoms with Gasteiger partial charge < -0.3 is 36.8 Å². The summed E-state index contributed by atoms with van der Waals surface area (Å²) in [6.45, 7) is 3.09. The third-order valence-electron chi connectivity index (χ3n) is 7.53. The van der Waals surface area contributed by atoms with E-state index in [4.69, 9.17) is 21.5 Å². The predicted molar refractivity (Wildman–Crippen MR) is 240 cm³/mol. The number of primary amides is 1. The number of benzene rings is 4. The molecule has 0 fully saturated rings. The number of carbonyl (C=O) groups excluding carboxylic acids is 1. The second-order valence-corrected chi connectivity index (χ2v) is 33.1. The maximum Gasteiger partial charge on any atom is 1.00 e. The number of urea groups is 1. The number of halogens is 4. The Morgan fingerprint density at radius 2 is 1.31 bits per heavy atom. The quantitative estimate of drug-likeness (QED) is 0.00833. The van der Waals surface area contributed by atoms with E-state index in [9.17, 15) is 36.7 Å². The fourth-order valence-electron chi connectivity index (χ4n) is 4.83. The summed E-state index contributed by atoms with van der Waals surface area (Å²) in [6, 6.07) is 15.9. The van der Waals surface area contributed by atoms with Gasteiger partial charge in [-0.3, -0.25) is 14.3 Å². The topological polar surface area (TPSA) is 351 Å². The van der Waals surface area contributed by atoms with Gasteiger partial charge >= 0.3 is 145 Å². The van der Waals surface area contributed by atoms with Crippen LogP contribution in [0, 0.1) is 13.8 Å². The third kappa shape index (κ3) is 22.2. The first-order valence-corrected chi connectivity index (χ1v) is 34.2. The van der Waals surface area contributed by atoms with Crippen molar-refractivity contribution >= 4 is 151 Å². The number of nitrogens with zero attached hydrogens (tertiary/aromatic N) is 7. The normalized spacial score (nSPS) is 11.2. The molecule has 0 aliphatic carbocycles. The molecule has 0 saturated carbocycles. The summed E-state index contributed by atoms with van der Waals surface area (Å²) in [7, 11) is -8.68. The second-order valence-electron chi connectivity index (χ2n) is 11.8. The molecule has 0 spiro atoms. The summed E-state index contributed by atoms with van der Waals surface area (Å²) >= 11 is 12.1. The molecule has 67 heavy (non-hydrogen) atoms. The molecule has 5 aromatic rings. The molecule has 4 aromatic carbocycles. The molecule has 1 heterocycles. The van der Waals surface area contributed by atoms with Gasteiger partial charge in [0.15, 0.2) is 22.2 Å². The molecule has 0 unspecified atom stereocenters. The van der Waals surface area contributed by atoms with Crippen LogP contribution in [0.4, 0.5) is 56.5 Å². The number of hydrogen-bond donors (Lipinski definition) is 4. The Bertz CT molecular complexity index is 2720. The van der Waals surface area contributed by atoms with E-state index in [0.29, 0.717) is 59.2 Å². The van der Waals surface area contributed by atoms with Gasteiger partial charge in [0.1, 0.15) is 21.5 Å². The Hall–Kier alpha value is -0.280. The van der Waals surface area contributed by atoms with Crippen molar-refractivity contribution in [3.8, 4) is 0 Å². The summed E-state index contributed by atoms with van der Waals surface area (Å²) in [4.78, 5) is 23.9. The minimum absolute atomic E-state index is 0. The van der Waals surface area contributed by atoms with Crippen molar-refractivity contribution in [2.45, 2.75) is 28.5 Å². The Morgan fingerprint density at radius 1 is 0.776 bits per heavy atom. The van der Waals surface area contributed by atoms with E-state index in [1.165, 1.54) is 48.5 Å². The number of nitrogens with one attached hydrogen (secondary N) is 3. The molecule has 0 saturated heterocycles. The van der Waals surface area contributed by atoms with E-state index < -0.39 is 36.6 Å². The number of nitrogens with two attached hydrogens (primary N) is 1. The molecule has 0 aliphatic heterocycles. The zero-order valence-corrected chi connectivity index (χ0v) is 51.5. The minimum atomic E-state index is -4.94. The number of anilines is 5. The van der Waals surface area contributed by atoms with Gasteiger partial charge in [-0.1, -0.05) is 0 Å². The summed E-state index contributed by atoms with van der Waals surface area (Å²) < 4.78 is 73.5. The third-order valence-corrected chi connectivity index (χ3v) is 11.2. The zero-order chi connectivity index (χ0) is 46.9. The Morgan fingerprint density at radius 3 is 1.87 bits per heavy atom. The van der Waals surface area contributed by atoms with Crippen LogP contribution in [0.3, 0.4) is 0 Å². The summed E-state index contributed by atoms with van der Waals surface area (Å²) in [5.74, 6) is -0.427. The maximum atomic E-state index is 12.6. The number of azo groups is 2. The molecule has 5 N–H and O–H groups in total. The molecule has 0 bridgehead atoms. The van der Waals surface area contributed by atoms with Crippen molar-refractivity contribution in [3.63, 3.8) is 0 Å². The van der Waals surface area contributed by atoms with Crippen molar-refractivity contribution in [1.29, 1.82) is 0 Å². The van der Waals surface area contributed by atoms with Crippen LogP contribution in [0.2, 0.25) is 5.28 Å². The number of amides is 2. The van der Waals surface area contributed by atoms with Crippen LogP contribution in [0.1, 0.15) is 11.1 Å². The van der Waals surface area contributed by atoms with E-state index in [1.807, 2.05) is 0 Å². The summed E-state index contributed by atoms with van der Waals surface area (Å²) in [5.41, 5.74) is 7.99. The van der Waals surface area contributed by atoms with Crippen LogP contribution in [-0.2, 0) is 42.9 Å². The zero-order valence-electron chi connectivity index (χ0n) is 35.0. The first kappa shape index (κ1) is 64.7. The number of carbonyl (C=O) groups is 1. The van der Waals surface area contributed by atoms with Gasteiger partial charge in [-0.25, -0.2) is 21.6 Å². The number of aromatic nitrogens is 3. The predicted octanol–water partition coefficient (Wildman–Crippen LogP) is -4.55. The first-order chi connectivity index (χ1) is 30.5. The monoisotopic (exact) mass is 1390 g/mol. The van der Waals surface area contributed by atoms with Gasteiger partial charge in [-0.2, -0.15) is 29.5 Å². The average molecular weight is 1390 g/mol. The Kier molecular flexibility index (Phi) is 31.6. The van der Waals surface area contributed by atoms with Gasteiger partial charge in [0.25, 0.3) is 0 Å². The largest absolute Gasteiger partial charge is 1.00 e. The number of rotatable bonds is 20. The van der Waals surface area contributed by atoms with Crippen LogP contribution in [0.5, 0.6) is 0 Å². The van der Waals surface area contributed by atoms with E-state index in [-0.39, 0.29) is 152 Å². The first-order valence-electron chi connectivity index (χ1n) is 16.7. The van der Waals surface area contributed by atoms with Gasteiger partial charge in [-0.15, -0.1) is 14.6 Å². The fourth-order valence-corrected chi connectivity index (χ4v) is 7.38. The van der Waals surface area contributed by atoms with Crippen molar-refractivity contribution in [1.82, 2.24) is 15.0 Å². The van der Waals surface area contributed by atoms with Gasteiger partial charge in [0.2, 0.25) is 17.2 Å². The molecule has 35 heteroatoms. The molecule has 2 amide bonds. The van der Waals surface area contributed by atoms with Crippen LogP contribution in [0.25, 0.3) is 0 Å². The Labute approximate surface area is 492 Å². The van der Waals surface area contributed by atoms with Crippen molar-refractivity contribution in [2.24, 2.45) is 26.2 Å². The average Bonchev–Trinajstić information content (AvgIpc) is 3.22. The van der Waals surface area contributed by atoms with Crippen molar-refractivity contribution in [2.75, 3.05) is 28.3 Å². The molecule has 344 valence electrons. The van der Waals surface area contributed by atoms with E-state index >= 15 is 0 Å². The number of sulfone groups is 1. The fraction of sp³-hybridized carbons (Fsp3) is 0.125. The van der Waals surface area contributed by atoms with Gasteiger partial charge in [-0.05, 0) is 109 Å². The molecule has 5 rings (SSSR count). The van der Waals surface area contributed by atoms with Crippen LogP contribution >= 0.6 is 73.2 Å². The summed E-state index contributed by atoms with van der Waals surface area (Å²) in [6.07, 6.45) is 0. The van der Waals surface area contributed by atoms with Crippen molar-refractivity contribution < 1.29 is 162 Å². The number of aryl methyl sites for hydroxylation is 2. The molecule has 24 nitrogen and oxygen atoms in total. The number of hydrogen-bond acceptors (Lipinski definition) is 24. The SMILES string of the molecule is Cc1cc(N=Nc2cc(SOO[O-])ccc2S(=O)(=O)[O-])c(C)cc1N=Nc1ccc(Nc2nc(Cl)nc(Nc3ccc(S(=O)(=O)CCOSOO[O-])cc3)n2)cc1NC(N)=O.I[I-]I.[Na+].[Na+].[Na+]. The van der Waals surface area contributed by atoms with Crippen LogP contribution in [0.15, 0.2) is 108 Å². The molecule has 1 aromatic heterocycles. The van der Waals surface area contributed by atoms with Gasteiger partial charge in [0, 0.05) is 16.3 Å². The minimum Gasteiger partial charge on any atom is 1.00 e. The summed E-state index contributed by atoms with van der Waals surface area (Å²) in [5, 5.41) is 51.2.